The van der Waals surface area contributed by atoms with Gasteiger partial charge in [-0.15, -0.1) is 45.3 Å². The van der Waals surface area contributed by atoms with Gasteiger partial charge in [-0.2, -0.15) is 0 Å². The summed E-state index contributed by atoms with van der Waals surface area (Å²) < 4.78 is 0. The van der Waals surface area contributed by atoms with Crippen LogP contribution in [0.2, 0.25) is 0 Å². The van der Waals surface area contributed by atoms with Crippen molar-refractivity contribution in [1.29, 1.82) is 0 Å². The largest absolute Gasteiger partial charge is 0.310 e. The highest BCUT2D eigenvalue weighted by atomic mass is 32.1. The molecule has 2 aliphatic heterocycles. The molecule has 8 heteroatoms. The Morgan fingerprint density at radius 3 is 1.41 bits per heavy atom. The minimum Gasteiger partial charge on any atom is -0.310 e. The van der Waals surface area contributed by atoms with Gasteiger partial charge in [0.1, 0.15) is 0 Å². The second-order valence-electron chi connectivity index (χ2n) is 17.6. The number of nitrogens with zero attached hydrogens (tertiary/aromatic N) is 2. The fourth-order valence-corrected chi connectivity index (χ4v) is 13.5. The van der Waals surface area contributed by atoms with Crippen LogP contribution in [0.25, 0.3) is 35.0 Å². The zero-order chi connectivity index (χ0) is 40.4. The molecule has 0 bridgehead atoms. The van der Waals surface area contributed by atoms with Gasteiger partial charge in [-0.25, -0.2) is 0 Å². The average molecular weight is 829 g/mol. The quantitative estimate of drug-likeness (QED) is 0.0890. The molecule has 0 fully saturated rings. The Bertz CT molecular complexity index is 2070. The van der Waals surface area contributed by atoms with E-state index >= 15 is 0 Å². The SMILES string of the molecule is CCCCC(C)(CCC)C1=C2C(=O)N(CC(C)C)C(c3ccc(-c4ccc(-c5ccc(-c6ccc(C(C)(CCC)CCCC)s6)s5)s4)s3)=C2C(=O)N1CC(C)C. The minimum atomic E-state index is -0.243. The summed E-state index contributed by atoms with van der Waals surface area (Å²) >= 11 is 7.41. The van der Waals surface area contributed by atoms with Gasteiger partial charge in [0.2, 0.25) is 0 Å². The second kappa shape index (κ2) is 18.0. The van der Waals surface area contributed by atoms with Gasteiger partial charge >= 0.3 is 0 Å². The first kappa shape index (κ1) is 42.8. The summed E-state index contributed by atoms with van der Waals surface area (Å²) in [5.41, 5.74) is 3.12. The fraction of sp³-hybridized carbons (Fsp3) is 0.542. The molecule has 2 aliphatic rings. The Kier molecular flexibility index (Phi) is 13.8. The molecule has 56 heavy (non-hydrogen) atoms. The topological polar surface area (TPSA) is 40.6 Å². The molecule has 0 aromatic carbocycles. The smallest absolute Gasteiger partial charge is 0.261 e. The van der Waals surface area contributed by atoms with E-state index in [2.05, 4.69) is 118 Å². The standard InChI is InChI=1S/C48H64N2O2S4/c1-11-15-27-47(9,25-13-3)40-24-23-38(56-40)37-20-19-34(54-37)33-17-18-35(53-33)36-21-22-39(55-36)43-41-42(46(52)49(43)29-31(5)6)44(50(45(41)51)30-32(7)8)48(10,26-14-4)28-16-12-2/h17-24,31-32H,11-16,25-30H2,1-10H3. The van der Waals surface area contributed by atoms with Crippen LogP contribution < -0.4 is 0 Å². The third-order valence-corrected chi connectivity index (χ3v) is 16.8. The van der Waals surface area contributed by atoms with Crippen LogP contribution in [-0.2, 0) is 15.0 Å². The molecule has 0 radical (unpaired) electrons. The molecule has 302 valence electrons. The Morgan fingerprint density at radius 2 is 0.911 bits per heavy atom. The first-order valence-electron chi connectivity index (χ1n) is 21.3. The van der Waals surface area contributed by atoms with E-state index in [1.54, 1.807) is 11.3 Å². The van der Waals surface area contributed by atoms with Crippen molar-refractivity contribution in [3.63, 3.8) is 0 Å². The third kappa shape index (κ3) is 8.51. The number of amides is 2. The van der Waals surface area contributed by atoms with Crippen molar-refractivity contribution in [1.82, 2.24) is 9.80 Å². The van der Waals surface area contributed by atoms with Gasteiger partial charge < -0.3 is 9.80 Å². The van der Waals surface area contributed by atoms with Crippen molar-refractivity contribution in [3.8, 4) is 29.3 Å². The summed E-state index contributed by atoms with van der Waals surface area (Å²) in [6.07, 6.45) is 11.3. The van der Waals surface area contributed by atoms with E-state index in [0.29, 0.717) is 24.2 Å². The summed E-state index contributed by atoms with van der Waals surface area (Å²) in [4.78, 5) is 43.6. The Hall–Kier alpha value is -2.78. The lowest BCUT2D eigenvalue weighted by Gasteiger charge is -2.38. The van der Waals surface area contributed by atoms with Gasteiger partial charge in [0.15, 0.2) is 0 Å². The van der Waals surface area contributed by atoms with Gasteiger partial charge in [0, 0.05) is 63.8 Å². The molecule has 0 saturated heterocycles. The molecule has 2 unspecified atom stereocenters. The normalized spacial score (nSPS) is 17.0. The molecular weight excluding hydrogens is 765 g/mol. The van der Waals surface area contributed by atoms with Crippen molar-refractivity contribution in [2.75, 3.05) is 13.1 Å². The van der Waals surface area contributed by atoms with Crippen molar-refractivity contribution in [2.24, 2.45) is 17.3 Å². The molecule has 4 nitrogen and oxygen atoms in total. The lowest BCUT2D eigenvalue weighted by atomic mass is 9.75. The van der Waals surface area contributed by atoms with Crippen LogP contribution in [0.3, 0.4) is 0 Å². The number of thiophene rings is 4. The van der Waals surface area contributed by atoms with Crippen LogP contribution in [0, 0.1) is 17.3 Å². The minimum absolute atomic E-state index is 0.00723. The number of carbonyl (C=O) groups is 2. The highest BCUT2D eigenvalue weighted by Crippen LogP contribution is 2.53. The molecule has 4 aromatic heterocycles. The number of carbonyl (C=O) groups excluding carboxylic acids is 2. The summed E-state index contributed by atoms with van der Waals surface area (Å²) in [6.45, 7) is 23.7. The van der Waals surface area contributed by atoms with Gasteiger partial charge in [-0.05, 0) is 86.1 Å². The monoisotopic (exact) mass is 828 g/mol. The molecule has 0 saturated carbocycles. The molecule has 0 spiro atoms. The Labute approximate surface area is 353 Å². The summed E-state index contributed by atoms with van der Waals surface area (Å²) in [5.74, 6) is 0.566. The zero-order valence-corrected chi connectivity index (χ0v) is 38.9. The van der Waals surface area contributed by atoms with Gasteiger partial charge in [-0.3, -0.25) is 9.59 Å². The van der Waals surface area contributed by atoms with E-state index in [1.165, 1.54) is 66.2 Å². The van der Waals surface area contributed by atoms with Gasteiger partial charge in [-0.1, -0.05) is 108 Å². The van der Waals surface area contributed by atoms with Crippen LogP contribution in [-0.4, -0.2) is 34.7 Å². The molecule has 4 aromatic rings. The lowest BCUT2D eigenvalue weighted by molar-refractivity contribution is -0.125. The van der Waals surface area contributed by atoms with Crippen LogP contribution in [0.1, 0.15) is 143 Å². The van der Waals surface area contributed by atoms with E-state index in [1.807, 2.05) is 43.8 Å². The number of unbranched alkanes of at least 4 members (excludes halogenated alkanes) is 2. The van der Waals surface area contributed by atoms with Gasteiger partial charge in [0.05, 0.1) is 21.7 Å². The molecule has 6 heterocycles. The molecular formula is C48H64N2O2S4. The average Bonchev–Trinajstić information content (AvgIpc) is 4.00. The van der Waals surface area contributed by atoms with E-state index < -0.39 is 0 Å². The maximum Gasteiger partial charge on any atom is 0.261 e. The molecule has 2 amide bonds. The van der Waals surface area contributed by atoms with Gasteiger partial charge in [0.25, 0.3) is 11.8 Å². The molecule has 0 N–H and O–H groups in total. The van der Waals surface area contributed by atoms with E-state index in [0.717, 1.165) is 48.4 Å². The van der Waals surface area contributed by atoms with E-state index in [4.69, 9.17) is 0 Å². The van der Waals surface area contributed by atoms with E-state index in [9.17, 15) is 9.59 Å². The first-order chi connectivity index (χ1) is 26.8. The summed E-state index contributed by atoms with van der Waals surface area (Å²) in [5, 5.41) is 0. The fourth-order valence-electron chi connectivity index (χ4n) is 8.93. The third-order valence-electron chi connectivity index (χ3n) is 11.6. The summed E-state index contributed by atoms with van der Waals surface area (Å²) in [7, 11) is 0. The van der Waals surface area contributed by atoms with Crippen molar-refractivity contribution in [3.05, 3.63) is 75.1 Å². The predicted octanol–water partition coefficient (Wildman–Crippen LogP) is 15.1. The molecule has 2 atom stereocenters. The number of hydrogen-bond donors (Lipinski definition) is 0. The van der Waals surface area contributed by atoms with Crippen LogP contribution >= 0.6 is 45.3 Å². The zero-order valence-electron chi connectivity index (χ0n) is 35.6. The first-order valence-corrected chi connectivity index (χ1v) is 24.6. The number of allylic oxidation sites excluding steroid dienone is 1. The van der Waals surface area contributed by atoms with Crippen molar-refractivity contribution < 1.29 is 9.59 Å². The second-order valence-corrected chi connectivity index (χ2v) is 21.9. The maximum absolute atomic E-state index is 14.7. The molecule has 6 rings (SSSR count). The number of rotatable bonds is 20. The summed E-state index contributed by atoms with van der Waals surface area (Å²) in [6, 6.07) is 18.1. The van der Waals surface area contributed by atoms with E-state index in [-0.39, 0.29) is 34.5 Å². The highest BCUT2D eigenvalue weighted by molar-refractivity contribution is 7.28. The van der Waals surface area contributed by atoms with Crippen LogP contribution in [0.4, 0.5) is 0 Å². The lowest BCUT2D eigenvalue weighted by Crippen LogP contribution is -2.39. The van der Waals surface area contributed by atoms with Crippen LogP contribution in [0.15, 0.2) is 65.4 Å². The molecule has 0 aliphatic carbocycles. The number of fused-ring (bicyclic) bond motifs is 1. The Morgan fingerprint density at radius 1 is 0.500 bits per heavy atom. The number of hydrogen-bond acceptors (Lipinski definition) is 6. The Balaban J connectivity index is 1.34. The van der Waals surface area contributed by atoms with Crippen molar-refractivity contribution in [2.45, 2.75) is 139 Å². The predicted molar refractivity (Wildman–Crippen MR) is 246 cm³/mol. The maximum atomic E-state index is 14.7. The van der Waals surface area contributed by atoms with Crippen LogP contribution in [0.5, 0.6) is 0 Å². The highest BCUT2D eigenvalue weighted by Gasteiger charge is 2.52. The van der Waals surface area contributed by atoms with Crippen molar-refractivity contribution >= 4 is 62.9 Å².